The number of hydrazine groups is 1. The van der Waals surface area contributed by atoms with Crippen LogP contribution in [-0.2, 0) is 10.0 Å². The maximum Gasteiger partial charge on any atom is 0.302 e. The van der Waals surface area contributed by atoms with Gasteiger partial charge in [-0.05, 0) is 47.1 Å². The van der Waals surface area contributed by atoms with Gasteiger partial charge in [0.2, 0.25) is 0 Å². The number of para-hydroxylation sites is 1. The summed E-state index contributed by atoms with van der Waals surface area (Å²) in [6.07, 6.45) is 0. The molecule has 3 aromatic rings. The number of aryl methyl sites for hydroxylation is 1. The second-order valence-electron chi connectivity index (χ2n) is 5.41. The predicted molar refractivity (Wildman–Crippen MR) is 99.4 cm³/mol. The number of sulfonamides is 1. The summed E-state index contributed by atoms with van der Waals surface area (Å²) in [5.74, 6) is -0.148. The van der Waals surface area contributed by atoms with Crippen LogP contribution in [0, 0.1) is 6.92 Å². The second kappa shape index (κ2) is 7.10. The van der Waals surface area contributed by atoms with Gasteiger partial charge < -0.3 is 9.15 Å². The van der Waals surface area contributed by atoms with Gasteiger partial charge in [-0.25, -0.2) is 8.42 Å². The zero-order valence-electron chi connectivity index (χ0n) is 13.9. The van der Waals surface area contributed by atoms with Gasteiger partial charge in [-0.15, -0.1) is 4.83 Å². The molecular formula is C17H15BrN2O5S. The minimum Gasteiger partial charge on any atom is -0.496 e. The van der Waals surface area contributed by atoms with Crippen LogP contribution in [0.5, 0.6) is 5.75 Å². The minimum atomic E-state index is -3.96. The normalized spacial score (nSPS) is 11.5. The van der Waals surface area contributed by atoms with Crippen molar-refractivity contribution < 1.29 is 22.4 Å². The van der Waals surface area contributed by atoms with Crippen LogP contribution in [0.3, 0.4) is 0 Å². The van der Waals surface area contributed by atoms with Gasteiger partial charge in [0.25, 0.3) is 10.0 Å². The Labute approximate surface area is 158 Å². The SMILES string of the molecule is COc1ccc(S(=O)(=O)NNC(=O)c2oc3ccccc3c2C)cc1Br. The Hall–Kier alpha value is -2.36. The average molecular weight is 439 g/mol. The average Bonchev–Trinajstić information content (AvgIpc) is 2.97. The summed E-state index contributed by atoms with van der Waals surface area (Å²) in [6, 6.07) is 11.4. The van der Waals surface area contributed by atoms with E-state index in [9.17, 15) is 13.2 Å². The van der Waals surface area contributed by atoms with Gasteiger partial charge >= 0.3 is 5.91 Å². The van der Waals surface area contributed by atoms with Crippen molar-refractivity contribution in [1.82, 2.24) is 10.3 Å². The van der Waals surface area contributed by atoms with Crippen LogP contribution in [0.25, 0.3) is 11.0 Å². The lowest BCUT2D eigenvalue weighted by molar-refractivity contribution is 0.0918. The molecule has 0 aliphatic heterocycles. The van der Waals surface area contributed by atoms with Gasteiger partial charge in [0.05, 0.1) is 16.5 Å². The van der Waals surface area contributed by atoms with E-state index in [0.29, 0.717) is 21.4 Å². The first-order chi connectivity index (χ1) is 12.3. The highest BCUT2D eigenvalue weighted by Gasteiger charge is 2.21. The number of carbonyl (C=O) groups is 1. The van der Waals surface area contributed by atoms with Gasteiger partial charge in [0.1, 0.15) is 11.3 Å². The highest BCUT2D eigenvalue weighted by molar-refractivity contribution is 9.10. The number of benzene rings is 2. The first-order valence-electron chi connectivity index (χ1n) is 7.47. The molecule has 0 spiro atoms. The predicted octanol–water partition coefficient (Wildman–Crippen LogP) is 3.14. The number of halogens is 1. The lowest BCUT2D eigenvalue weighted by Crippen LogP contribution is -2.41. The van der Waals surface area contributed by atoms with Crippen molar-refractivity contribution >= 4 is 42.8 Å². The smallest absolute Gasteiger partial charge is 0.302 e. The lowest BCUT2D eigenvalue weighted by Gasteiger charge is -2.09. The number of hydrogen-bond donors (Lipinski definition) is 2. The molecule has 2 aromatic carbocycles. The molecule has 0 saturated heterocycles. The summed E-state index contributed by atoms with van der Waals surface area (Å²) in [4.78, 5) is 14.3. The number of fused-ring (bicyclic) bond motifs is 1. The van der Waals surface area contributed by atoms with Crippen molar-refractivity contribution in [3.05, 3.63) is 58.3 Å². The monoisotopic (exact) mass is 438 g/mol. The van der Waals surface area contributed by atoms with E-state index in [1.807, 2.05) is 12.1 Å². The molecule has 0 aliphatic carbocycles. The van der Waals surface area contributed by atoms with Crippen molar-refractivity contribution in [2.75, 3.05) is 7.11 Å². The van der Waals surface area contributed by atoms with E-state index < -0.39 is 15.9 Å². The first-order valence-corrected chi connectivity index (χ1v) is 9.75. The Kier molecular flexibility index (Phi) is 5.03. The van der Waals surface area contributed by atoms with Crippen LogP contribution in [0.15, 0.2) is 56.2 Å². The largest absolute Gasteiger partial charge is 0.496 e. The maximum atomic E-state index is 12.4. The molecule has 26 heavy (non-hydrogen) atoms. The molecule has 7 nitrogen and oxygen atoms in total. The molecule has 0 unspecified atom stereocenters. The summed E-state index contributed by atoms with van der Waals surface area (Å²) in [5, 5.41) is 0.791. The molecule has 1 aromatic heterocycles. The fourth-order valence-electron chi connectivity index (χ4n) is 2.43. The summed E-state index contributed by atoms with van der Waals surface area (Å²) in [6.45, 7) is 1.73. The zero-order valence-corrected chi connectivity index (χ0v) is 16.3. The maximum absolute atomic E-state index is 12.4. The van der Waals surface area contributed by atoms with Crippen LogP contribution >= 0.6 is 15.9 Å². The topological polar surface area (TPSA) is 97.6 Å². The summed E-state index contributed by atoms with van der Waals surface area (Å²) in [5.41, 5.74) is 3.35. The van der Waals surface area contributed by atoms with E-state index in [2.05, 4.69) is 26.2 Å². The summed E-state index contributed by atoms with van der Waals surface area (Å²) >= 11 is 3.23. The van der Waals surface area contributed by atoms with Crippen molar-refractivity contribution in [3.63, 3.8) is 0 Å². The number of methoxy groups -OCH3 is 1. The molecular weight excluding hydrogens is 424 g/mol. The molecule has 0 aliphatic rings. The number of rotatable bonds is 5. The summed E-state index contributed by atoms with van der Waals surface area (Å²) in [7, 11) is -2.49. The lowest BCUT2D eigenvalue weighted by atomic mass is 10.1. The van der Waals surface area contributed by atoms with Crippen LogP contribution in [0.2, 0.25) is 0 Å². The van der Waals surface area contributed by atoms with E-state index in [1.54, 1.807) is 19.1 Å². The number of hydrogen-bond acceptors (Lipinski definition) is 5. The third-order valence-corrected chi connectivity index (χ3v) is 5.65. The Balaban J connectivity index is 1.79. The van der Waals surface area contributed by atoms with E-state index in [0.717, 1.165) is 5.39 Å². The zero-order chi connectivity index (χ0) is 18.9. The standard InChI is InChI=1S/C17H15BrN2O5S/c1-10-12-5-3-4-6-14(12)25-16(10)17(21)19-20-26(22,23)11-7-8-15(24-2)13(18)9-11/h3-9,20H,1-2H3,(H,19,21). The van der Waals surface area contributed by atoms with Crippen molar-refractivity contribution in [2.24, 2.45) is 0 Å². The molecule has 3 rings (SSSR count). The van der Waals surface area contributed by atoms with Gasteiger partial charge in [-0.3, -0.25) is 10.2 Å². The molecule has 0 radical (unpaired) electrons. The molecule has 2 N–H and O–H groups in total. The Bertz CT molecular complexity index is 1090. The quantitative estimate of drug-likeness (QED) is 0.596. The highest BCUT2D eigenvalue weighted by atomic mass is 79.9. The molecule has 0 bridgehead atoms. The summed E-state index contributed by atoms with van der Waals surface area (Å²) < 4.78 is 35.8. The van der Waals surface area contributed by atoms with E-state index in [4.69, 9.17) is 9.15 Å². The van der Waals surface area contributed by atoms with Gasteiger partial charge in [0.15, 0.2) is 5.76 Å². The number of amides is 1. The van der Waals surface area contributed by atoms with Crippen molar-refractivity contribution in [2.45, 2.75) is 11.8 Å². The molecule has 136 valence electrons. The van der Waals surface area contributed by atoms with Crippen LogP contribution in [-0.4, -0.2) is 21.4 Å². The first kappa shape index (κ1) is 18.4. The molecule has 0 fully saturated rings. The fourth-order valence-corrected chi connectivity index (χ4v) is 3.99. The van der Waals surface area contributed by atoms with Gasteiger partial charge in [0, 0.05) is 10.9 Å². The van der Waals surface area contributed by atoms with Crippen LogP contribution in [0.1, 0.15) is 16.1 Å². The number of ether oxygens (including phenoxy) is 1. The molecule has 0 atom stereocenters. The van der Waals surface area contributed by atoms with E-state index >= 15 is 0 Å². The van der Waals surface area contributed by atoms with Gasteiger partial charge in [-0.1, -0.05) is 18.2 Å². The van der Waals surface area contributed by atoms with E-state index in [1.165, 1.54) is 25.3 Å². The number of carbonyl (C=O) groups excluding carboxylic acids is 1. The molecule has 1 heterocycles. The Morgan fingerprint density at radius 3 is 2.58 bits per heavy atom. The van der Waals surface area contributed by atoms with Crippen LogP contribution < -0.4 is 15.0 Å². The number of furan rings is 1. The Morgan fingerprint density at radius 1 is 1.19 bits per heavy atom. The third kappa shape index (κ3) is 3.46. The highest BCUT2D eigenvalue weighted by Crippen LogP contribution is 2.27. The van der Waals surface area contributed by atoms with E-state index in [-0.39, 0.29) is 10.7 Å². The van der Waals surface area contributed by atoms with Crippen molar-refractivity contribution in [3.8, 4) is 5.75 Å². The second-order valence-corrected chi connectivity index (χ2v) is 7.95. The molecule has 0 saturated carbocycles. The fraction of sp³-hybridized carbons (Fsp3) is 0.118. The third-order valence-electron chi connectivity index (χ3n) is 3.78. The van der Waals surface area contributed by atoms with Crippen LogP contribution in [0.4, 0.5) is 0 Å². The Morgan fingerprint density at radius 2 is 1.92 bits per heavy atom. The van der Waals surface area contributed by atoms with Gasteiger partial charge in [-0.2, -0.15) is 0 Å². The number of nitrogens with one attached hydrogen (secondary N) is 2. The molecule has 9 heteroatoms. The van der Waals surface area contributed by atoms with Crippen molar-refractivity contribution in [1.29, 1.82) is 0 Å². The minimum absolute atomic E-state index is 0.0354. The molecule has 1 amide bonds.